The first kappa shape index (κ1) is 31.0. The Labute approximate surface area is 176 Å². The molecule has 0 amide bonds. The van der Waals surface area contributed by atoms with Gasteiger partial charge in [0.15, 0.2) is 0 Å². The van der Waals surface area contributed by atoms with Gasteiger partial charge in [-0.3, -0.25) is 9.97 Å². The van der Waals surface area contributed by atoms with E-state index in [9.17, 15) is 19.8 Å². The number of hydrogen-bond donors (Lipinski definition) is 2. The molecule has 0 bridgehead atoms. The van der Waals surface area contributed by atoms with Crippen molar-refractivity contribution in [1.29, 1.82) is 0 Å². The SMILES string of the molecule is C[C@H](O)C(=O)[O-].C[C@H](O)C(=O)[O-].O.O.[Co+2].c1cnc2c(c1)ccc1cccnc12. The number of aromatic nitrogens is 2. The fourth-order valence-electron chi connectivity index (χ4n) is 1.68. The molecule has 161 valence electrons. The molecule has 0 saturated heterocycles. The molecule has 11 heteroatoms. The number of carboxylic acid groups (broad SMARTS) is 2. The molecular weight excluding hydrogens is 431 g/mol. The fourth-order valence-corrected chi connectivity index (χ4v) is 1.68. The van der Waals surface area contributed by atoms with E-state index in [1.807, 2.05) is 12.1 Å². The van der Waals surface area contributed by atoms with Crippen LogP contribution in [0.2, 0.25) is 0 Å². The van der Waals surface area contributed by atoms with Crippen molar-refractivity contribution in [3.8, 4) is 0 Å². The molecule has 10 nitrogen and oxygen atoms in total. The van der Waals surface area contributed by atoms with Gasteiger partial charge in [0.25, 0.3) is 0 Å². The maximum absolute atomic E-state index is 9.34. The molecule has 0 aliphatic rings. The van der Waals surface area contributed by atoms with Gasteiger partial charge < -0.3 is 41.0 Å². The largest absolute Gasteiger partial charge is 2.00 e. The average Bonchev–Trinajstić information content (AvgIpc) is 2.62. The number of hydrogen-bond acceptors (Lipinski definition) is 8. The van der Waals surface area contributed by atoms with Crippen molar-refractivity contribution in [3.63, 3.8) is 0 Å². The van der Waals surface area contributed by atoms with Crippen LogP contribution < -0.4 is 10.2 Å². The minimum atomic E-state index is -1.44. The standard InChI is InChI=1S/C12H8N2.2C3H6O3.Co.2H2O/c1-3-9-5-6-10-4-2-8-14-12(10)11(9)13-7-1;2*1-2(4)3(5)6;;;/h1-8H;2*2,4H,1H3,(H,5,6);;2*1H2/q;;;+2;;/p-2/t;2*2-;;;/m.00.../s1. The third kappa shape index (κ3) is 10.4. The molecule has 0 unspecified atom stereocenters. The number of aliphatic hydroxyl groups is 2. The van der Waals surface area contributed by atoms with E-state index in [0.717, 1.165) is 35.7 Å². The van der Waals surface area contributed by atoms with Crippen LogP contribution in [0.3, 0.4) is 0 Å². The number of rotatable bonds is 2. The summed E-state index contributed by atoms with van der Waals surface area (Å²) in [5, 5.41) is 36.9. The summed E-state index contributed by atoms with van der Waals surface area (Å²) in [6.07, 6.45) is 0.919. The molecule has 0 saturated carbocycles. The van der Waals surface area contributed by atoms with E-state index in [2.05, 4.69) is 34.2 Å². The van der Waals surface area contributed by atoms with Crippen molar-refractivity contribution >= 4 is 33.7 Å². The van der Waals surface area contributed by atoms with E-state index < -0.39 is 24.1 Å². The smallest absolute Gasteiger partial charge is 0.547 e. The van der Waals surface area contributed by atoms with Gasteiger partial charge in [0.2, 0.25) is 0 Å². The monoisotopic (exact) mass is 453 g/mol. The molecule has 0 aliphatic heterocycles. The molecule has 1 aromatic carbocycles. The molecule has 6 N–H and O–H groups in total. The first-order chi connectivity index (χ1) is 12.2. The number of carbonyl (C=O) groups excluding carboxylic acids is 2. The molecule has 1 radical (unpaired) electrons. The summed E-state index contributed by atoms with van der Waals surface area (Å²) in [6, 6.07) is 12.1. The maximum atomic E-state index is 9.34. The minimum absolute atomic E-state index is 0. The quantitative estimate of drug-likeness (QED) is 0.391. The van der Waals surface area contributed by atoms with Gasteiger partial charge in [-0.1, -0.05) is 24.3 Å². The molecular formula is C18H22CoN2O8. The average molecular weight is 453 g/mol. The number of pyridine rings is 2. The summed E-state index contributed by atoms with van der Waals surface area (Å²) in [7, 11) is 0. The summed E-state index contributed by atoms with van der Waals surface area (Å²) >= 11 is 0. The molecule has 3 rings (SSSR count). The summed E-state index contributed by atoms with van der Waals surface area (Å²) < 4.78 is 0. The summed E-state index contributed by atoms with van der Waals surface area (Å²) in [6.45, 7) is 2.27. The predicted molar refractivity (Wildman–Crippen MR) is 97.6 cm³/mol. The molecule has 0 aliphatic carbocycles. The van der Waals surface area contributed by atoms with Crippen molar-refractivity contribution in [2.24, 2.45) is 0 Å². The zero-order chi connectivity index (χ0) is 19.7. The van der Waals surface area contributed by atoms with Crippen molar-refractivity contribution < 1.29 is 57.7 Å². The van der Waals surface area contributed by atoms with Crippen molar-refractivity contribution in [3.05, 3.63) is 48.8 Å². The third-order valence-electron chi connectivity index (χ3n) is 3.03. The summed E-state index contributed by atoms with van der Waals surface area (Å²) in [5.74, 6) is -2.87. The second-order valence-corrected chi connectivity index (χ2v) is 5.21. The number of aliphatic hydroxyl groups excluding tert-OH is 2. The Morgan fingerprint density at radius 3 is 1.31 bits per heavy atom. The molecule has 29 heavy (non-hydrogen) atoms. The summed E-state index contributed by atoms with van der Waals surface area (Å²) in [5.41, 5.74) is 1.95. The number of fused-ring (bicyclic) bond motifs is 3. The topological polar surface area (TPSA) is 210 Å². The zero-order valence-electron chi connectivity index (χ0n) is 15.5. The van der Waals surface area contributed by atoms with Gasteiger partial charge in [-0.25, -0.2) is 0 Å². The van der Waals surface area contributed by atoms with Gasteiger partial charge in [0.05, 0.1) is 35.2 Å². The van der Waals surface area contributed by atoms with E-state index >= 15 is 0 Å². The van der Waals surface area contributed by atoms with E-state index in [-0.39, 0.29) is 27.7 Å². The van der Waals surface area contributed by atoms with Crippen LogP contribution in [-0.2, 0) is 26.4 Å². The van der Waals surface area contributed by atoms with Crippen LogP contribution >= 0.6 is 0 Å². The second kappa shape index (κ2) is 15.3. The van der Waals surface area contributed by atoms with E-state index in [1.165, 1.54) is 0 Å². The fraction of sp³-hybridized carbons (Fsp3) is 0.222. The number of benzene rings is 1. The second-order valence-electron chi connectivity index (χ2n) is 5.21. The van der Waals surface area contributed by atoms with Gasteiger partial charge in [-0.15, -0.1) is 0 Å². The van der Waals surface area contributed by atoms with Gasteiger partial charge in [0, 0.05) is 23.2 Å². The van der Waals surface area contributed by atoms with E-state index in [1.54, 1.807) is 12.4 Å². The Hall–Kier alpha value is -2.67. The van der Waals surface area contributed by atoms with Crippen LogP contribution in [0.5, 0.6) is 0 Å². The van der Waals surface area contributed by atoms with Crippen LogP contribution in [0.1, 0.15) is 13.8 Å². The Bertz CT molecular complexity index is 817. The van der Waals surface area contributed by atoms with E-state index in [4.69, 9.17) is 10.2 Å². The first-order valence-corrected chi connectivity index (χ1v) is 7.60. The molecule has 0 fully saturated rings. The van der Waals surface area contributed by atoms with Crippen LogP contribution in [0.15, 0.2) is 48.8 Å². The van der Waals surface area contributed by atoms with E-state index in [0.29, 0.717) is 0 Å². The van der Waals surface area contributed by atoms with Gasteiger partial charge in [-0.2, -0.15) is 0 Å². The third-order valence-corrected chi connectivity index (χ3v) is 3.03. The first-order valence-electron chi connectivity index (χ1n) is 7.60. The van der Waals surface area contributed by atoms with Crippen LogP contribution in [0.25, 0.3) is 21.8 Å². The van der Waals surface area contributed by atoms with Crippen molar-refractivity contribution in [2.45, 2.75) is 26.1 Å². The normalized spacial score (nSPS) is 10.9. The number of aliphatic carboxylic acids is 2. The number of carbonyl (C=O) groups is 2. The Kier molecular flexibility index (Phi) is 16.3. The molecule has 2 aromatic heterocycles. The van der Waals surface area contributed by atoms with Gasteiger partial charge in [0.1, 0.15) is 0 Å². The summed E-state index contributed by atoms with van der Waals surface area (Å²) in [4.78, 5) is 27.4. The number of nitrogens with zero attached hydrogens (tertiary/aromatic N) is 2. The van der Waals surface area contributed by atoms with Crippen molar-refractivity contribution in [2.75, 3.05) is 0 Å². The minimum Gasteiger partial charge on any atom is -0.547 e. The van der Waals surface area contributed by atoms with Crippen LogP contribution in [0, 0.1) is 0 Å². The van der Waals surface area contributed by atoms with Crippen LogP contribution in [0.4, 0.5) is 0 Å². The molecule has 2 heterocycles. The Morgan fingerprint density at radius 1 is 0.793 bits per heavy atom. The molecule has 0 spiro atoms. The van der Waals surface area contributed by atoms with Gasteiger partial charge in [-0.05, 0) is 26.0 Å². The Balaban J connectivity index is -0.000000390. The molecule has 2 atom stereocenters. The zero-order valence-corrected chi connectivity index (χ0v) is 16.6. The number of carboxylic acids is 2. The van der Waals surface area contributed by atoms with Crippen LogP contribution in [-0.4, -0.2) is 55.3 Å². The predicted octanol–water partition coefficient (Wildman–Crippen LogP) is -2.63. The Morgan fingerprint density at radius 2 is 1.07 bits per heavy atom. The molecule has 3 aromatic rings. The maximum Gasteiger partial charge on any atom is 2.00 e. The van der Waals surface area contributed by atoms with Crippen molar-refractivity contribution in [1.82, 2.24) is 9.97 Å². The van der Waals surface area contributed by atoms with Gasteiger partial charge >= 0.3 is 16.8 Å².